The highest BCUT2D eigenvalue weighted by atomic mass is 16.5. The molecule has 1 aromatic carbocycles. The lowest BCUT2D eigenvalue weighted by Crippen LogP contribution is -2.50. The lowest BCUT2D eigenvalue weighted by molar-refractivity contribution is -0.132. The number of nitrogens with zero attached hydrogens (tertiary/aromatic N) is 3. The van der Waals surface area contributed by atoms with Crippen LogP contribution in [0.3, 0.4) is 0 Å². The molecule has 0 saturated carbocycles. The van der Waals surface area contributed by atoms with E-state index in [2.05, 4.69) is 15.3 Å². The number of nitrogens with one attached hydrogen (secondary N) is 1. The van der Waals surface area contributed by atoms with E-state index >= 15 is 0 Å². The molecule has 7 heteroatoms. The van der Waals surface area contributed by atoms with E-state index in [0.717, 1.165) is 5.69 Å². The number of hydrogen-bond donors (Lipinski definition) is 2. The number of carbonyl (C=O) groups excluding carboxylic acids is 1. The van der Waals surface area contributed by atoms with Gasteiger partial charge in [-0.15, -0.1) is 0 Å². The van der Waals surface area contributed by atoms with Crippen molar-refractivity contribution < 1.29 is 9.53 Å². The van der Waals surface area contributed by atoms with Gasteiger partial charge in [0.05, 0.1) is 5.69 Å². The standard InChI is InChI=1S/C15H17N5O2/c1-15(2)13(21)20(3)10-8-9(4-5-11(10)22-15)18-12-6-7-17-14(16)19-12/h4-8H,1-3H3,(H3,16,17,18,19). The first-order valence-corrected chi connectivity index (χ1v) is 6.83. The Labute approximate surface area is 128 Å². The second-order valence-corrected chi connectivity index (χ2v) is 5.58. The van der Waals surface area contributed by atoms with Gasteiger partial charge >= 0.3 is 0 Å². The Morgan fingerprint density at radius 1 is 1.32 bits per heavy atom. The molecule has 1 aliphatic heterocycles. The van der Waals surface area contributed by atoms with E-state index in [0.29, 0.717) is 17.3 Å². The van der Waals surface area contributed by atoms with Gasteiger partial charge in [-0.3, -0.25) is 4.79 Å². The summed E-state index contributed by atoms with van der Waals surface area (Å²) in [6.07, 6.45) is 1.57. The number of amides is 1. The van der Waals surface area contributed by atoms with Crippen LogP contribution in [0.1, 0.15) is 13.8 Å². The topological polar surface area (TPSA) is 93.4 Å². The molecule has 3 rings (SSSR count). The summed E-state index contributed by atoms with van der Waals surface area (Å²) in [6.45, 7) is 3.51. The van der Waals surface area contributed by atoms with Crippen molar-refractivity contribution in [2.45, 2.75) is 19.4 Å². The Balaban J connectivity index is 1.93. The van der Waals surface area contributed by atoms with Crippen molar-refractivity contribution >= 4 is 29.0 Å². The summed E-state index contributed by atoms with van der Waals surface area (Å²) in [5.41, 5.74) is 6.18. The highest BCUT2D eigenvalue weighted by Crippen LogP contribution is 2.38. The van der Waals surface area contributed by atoms with Gasteiger partial charge in [-0.25, -0.2) is 4.98 Å². The summed E-state index contributed by atoms with van der Waals surface area (Å²) in [7, 11) is 1.73. The van der Waals surface area contributed by atoms with Crippen LogP contribution in [0.2, 0.25) is 0 Å². The molecule has 0 atom stereocenters. The van der Waals surface area contributed by atoms with E-state index in [1.54, 1.807) is 38.1 Å². The first kappa shape index (κ1) is 14.1. The number of ether oxygens (including phenoxy) is 1. The van der Waals surface area contributed by atoms with Crippen molar-refractivity contribution in [3.05, 3.63) is 30.5 Å². The Kier molecular flexibility index (Phi) is 3.13. The molecule has 2 aromatic rings. The Bertz CT molecular complexity index is 744. The number of nitrogen functional groups attached to an aromatic ring is 1. The van der Waals surface area contributed by atoms with E-state index in [9.17, 15) is 4.79 Å². The molecular weight excluding hydrogens is 282 g/mol. The van der Waals surface area contributed by atoms with Crippen LogP contribution in [0.15, 0.2) is 30.5 Å². The molecule has 1 aromatic heterocycles. The summed E-state index contributed by atoms with van der Waals surface area (Å²) in [6, 6.07) is 7.23. The average molecular weight is 299 g/mol. The second-order valence-electron chi connectivity index (χ2n) is 5.58. The lowest BCUT2D eigenvalue weighted by atomic mass is 10.0. The highest BCUT2D eigenvalue weighted by Gasteiger charge is 2.39. The van der Waals surface area contributed by atoms with Gasteiger partial charge in [-0.2, -0.15) is 4.98 Å². The Morgan fingerprint density at radius 2 is 2.09 bits per heavy atom. The zero-order valence-electron chi connectivity index (χ0n) is 12.6. The van der Waals surface area contributed by atoms with Gasteiger partial charge < -0.3 is 20.7 Å². The zero-order valence-corrected chi connectivity index (χ0v) is 12.6. The largest absolute Gasteiger partial charge is 0.476 e. The summed E-state index contributed by atoms with van der Waals surface area (Å²) in [4.78, 5) is 21.8. The fourth-order valence-corrected chi connectivity index (χ4v) is 2.37. The minimum atomic E-state index is -0.863. The number of hydrogen-bond acceptors (Lipinski definition) is 6. The minimum absolute atomic E-state index is 0.0940. The van der Waals surface area contributed by atoms with Crippen molar-refractivity contribution in [2.24, 2.45) is 0 Å². The highest BCUT2D eigenvalue weighted by molar-refractivity contribution is 6.02. The van der Waals surface area contributed by atoms with Crippen LogP contribution >= 0.6 is 0 Å². The monoisotopic (exact) mass is 299 g/mol. The first-order valence-electron chi connectivity index (χ1n) is 6.83. The van der Waals surface area contributed by atoms with Crippen molar-refractivity contribution in [1.82, 2.24) is 9.97 Å². The van der Waals surface area contributed by atoms with Crippen molar-refractivity contribution in [1.29, 1.82) is 0 Å². The molecule has 0 radical (unpaired) electrons. The van der Waals surface area contributed by atoms with Crippen LogP contribution in [-0.2, 0) is 4.79 Å². The van der Waals surface area contributed by atoms with Crippen LogP contribution in [0, 0.1) is 0 Å². The predicted molar refractivity (Wildman–Crippen MR) is 84.3 cm³/mol. The number of rotatable bonds is 2. The molecular formula is C15H17N5O2. The third kappa shape index (κ3) is 2.41. The van der Waals surface area contributed by atoms with Crippen molar-refractivity contribution in [2.75, 3.05) is 23.0 Å². The number of anilines is 4. The average Bonchev–Trinajstić information content (AvgIpc) is 2.46. The van der Waals surface area contributed by atoms with Gasteiger partial charge in [0.15, 0.2) is 5.60 Å². The molecule has 114 valence electrons. The minimum Gasteiger partial charge on any atom is -0.476 e. The predicted octanol–water partition coefficient (Wildman–Crippen LogP) is 1.94. The van der Waals surface area contributed by atoms with Gasteiger partial charge in [0, 0.05) is 18.9 Å². The third-order valence-electron chi connectivity index (χ3n) is 3.45. The summed E-state index contributed by atoms with van der Waals surface area (Å²) in [5, 5.41) is 3.13. The van der Waals surface area contributed by atoms with Gasteiger partial charge in [-0.1, -0.05) is 0 Å². The normalized spacial score (nSPS) is 16.0. The SMILES string of the molecule is CN1C(=O)C(C)(C)Oc2ccc(Nc3ccnc(N)n3)cc21. The number of benzene rings is 1. The first-order chi connectivity index (χ1) is 10.4. The van der Waals surface area contributed by atoms with E-state index in [4.69, 9.17) is 10.5 Å². The molecule has 0 bridgehead atoms. The van der Waals surface area contributed by atoms with E-state index in [1.807, 2.05) is 18.2 Å². The lowest BCUT2D eigenvalue weighted by Gasteiger charge is -2.37. The van der Waals surface area contributed by atoms with Gasteiger partial charge in [-0.05, 0) is 38.1 Å². The van der Waals surface area contributed by atoms with Gasteiger partial charge in [0.1, 0.15) is 11.6 Å². The van der Waals surface area contributed by atoms with Gasteiger partial charge in [0.25, 0.3) is 5.91 Å². The van der Waals surface area contributed by atoms with E-state index in [-0.39, 0.29) is 11.9 Å². The smallest absolute Gasteiger partial charge is 0.270 e. The Morgan fingerprint density at radius 3 is 2.82 bits per heavy atom. The number of aromatic nitrogens is 2. The molecule has 0 unspecified atom stereocenters. The molecule has 2 heterocycles. The van der Waals surface area contributed by atoms with Crippen molar-refractivity contribution in [3.63, 3.8) is 0 Å². The fraction of sp³-hybridized carbons (Fsp3) is 0.267. The fourth-order valence-electron chi connectivity index (χ4n) is 2.37. The molecule has 0 spiro atoms. The third-order valence-corrected chi connectivity index (χ3v) is 3.45. The number of likely N-dealkylation sites (N-methyl/N-ethyl adjacent to an activating group) is 1. The van der Waals surface area contributed by atoms with Crippen LogP contribution < -0.4 is 20.7 Å². The number of nitrogens with two attached hydrogens (primary N) is 1. The second kappa shape index (κ2) is 4.87. The van der Waals surface area contributed by atoms with Crippen LogP contribution in [-0.4, -0.2) is 28.5 Å². The summed E-state index contributed by atoms with van der Waals surface area (Å²) >= 11 is 0. The van der Waals surface area contributed by atoms with Gasteiger partial charge in [0.2, 0.25) is 5.95 Å². The maximum absolute atomic E-state index is 12.3. The van der Waals surface area contributed by atoms with Crippen LogP contribution in [0.5, 0.6) is 5.75 Å². The molecule has 0 fully saturated rings. The number of carbonyl (C=O) groups is 1. The number of fused-ring (bicyclic) bond motifs is 1. The van der Waals surface area contributed by atoms with E-state index in [1.165, 1.54) is 0 Å². The summed E-state index contributed by atoms with van der Waals surface area (Å²) < 4.78 is 5.76. The molecule has 7 nitrogen and oxygen atoms in total. The van der Waals surface area contributed by atoms with Crippen LogP contribution in [0.4, 0.5) is 23.1 Å². The molecule has 0 saturated heterocycles. The van der Waals surface area contributed by atoms with E-state index < -0.39 is 5.60 Å². The molecule has 0 aliphatic carbocycles. The zero-order chi connectivity index (χ0) is 15.9. The van der Waals surface area contributed by atoms with Crippen LogP contribution in [0.25, 0.3) is 0 Å². The van der Waals surface area contributed by atoms with Crippen molar-refractivity contribution in [3.8, 4) is 5.75 Å². The molecule has 3 N–H and O–H groups in total. The summed E-state index contributed by atoms with van der Waals surface area (Å²) in [5.74, 6) is 1.35. The Hall–Kier alpha value is -2.83. The molecule has 1 amide bonds. The maximum Gasteiger partial charge on any atom is 0.270 e. The molecule has 1 aliphatic rings. The molecule has 22 heavy (non-hydrogen) atoms. The maximum atomic E-state index is 12.3. The quantitative estimate of drug-likeness (QED) is 0.880.